The van der Waals surface area contributed by atoms with Crippen LogP contribution in [0.2, 0.25) is 0 Å². The molecule has 2 amide bonds. The standard InChI is InChI=1S/C48H31BrN6O5/c1-26-9-8-12-29(21-26)50-47(59)38-22-27-10-2-4-13-32(27)42(45(38)57)54-52-30-17-19-34-35-20-18-31(25-37(35)44(56)36(34)24-30)53-55-43-33-14-5-3-11-28(33)23-39(46(43)58)48(60)51-41-16-7-6-15-40(41)49/h2-25,57-58H,1H3,(H,50,59)(H,51,60). The van der Waals surface area contributed by atoms with E-state index in [2.05, 4.69) is 47.0 Å². The lowest BCUT2D eigenvalue weighted by molar-refractivity contribution is 0.101. The number of aromatic hydroxyl groups is 2. The summed E-state index contributed by atoms with van der Waals surface area (Å²) in [6.45, 7) is 1.92. The van der Waals surface area contributed by atoms with Crippen LogP contribution in [0.15, 0.2) is 171 Å². The summed E-state index contributed by atoms with van der Waals surface area (Å²) in [5, 5.41) is 48.6. The molecule has 8 aromatic carbocycles. The van der Waals surface area contributed by atoms with Crippen molar-refractivity contribution in [3.8, 4) is 22.6 Å². The number of phenolic OH excluding ortho intramolecular Hbond substituents is 2. The van der Waals surface area contributed by atoms with Crippen LogP contribution in [0.25, 0.3) is 32.7 Å². The molecular weight excluding hydrogens is 820 g/mol. The normalized spacial score (nSPS) is 12.0. The number of hydrogen-bond acceptors (Lipinski definition) is 9. The number of hydrogen-bond donors (Lipinski definition) is 4. The molecule has 0 atom stereocenters. The molecule has 60 heavy (non-hydrogen) atoms. The van der Waals surface area contributed by atoms with E-state index in [4.69, 9.17) is 0 Å². The minimum absolute atomic E-state index is 0.0191. The number of carbonyl (C=O) groups is 3. The summed E-state index contributed by atoms with van der Waals surface area (Å²) < 4.78 is 0.684. The fraction of sp³-hybridized carbons (Fsp3) is 0.0208. The molecule has 0 heterocycles. The summed E-state index contributed by atoms with van der Waals surface area (Å²) in [5.41, 5.74) is 5.30. The van der Waals surface area contributed by atoms with Crippen molar-refractivity contribution in [2.75, 3.05) is 10.6 Å². The molecule has 0 bridgehead atoms. The summed E-state index contributed by atoms with van der Waals surface area (Å²) in [7, 11) is 0. The predicted octanol–water partition coefficient (Wildman–Crippen LogP) is 13.0. The van der Waals surface area contributed by atoms with Crippen LogP contribution in [0.5, 0.6) is 11.5 Å². The van der Waals surface area contributed by atoms with Crippen molar-refractivity contribution in [2.45, 2.75) is 6.92 Å². The molecule has 12 heteroatoms. The molecule has 0 aromatic heterocycles. The molecule has 0 radical (unpaired) electrons. The Kier molecular flexibility index (Phi) is 9.74. The number of carbonyl (C=O) groups excluding carboxylic acids is 3. The van der Waals surface area contributed by atoms with Crippen molar-refractivity contribution in [3.63, 3.8) is 0 Å². The first-order valence-corrected chi connectivity index (χ1v) is 19.5. The molecule has 0 fully saturated rings. The summed E-state index contributed by atoms with van der Waals surface area (Å²) in [5.74, 6) is -1.95. The molecule has 9 rings (SSSR count). The zero-order valence-electron chi connectivity index (χ0n) is 31.6. The number of benzene rings is 8. The lowest BCUT2D eigenvalue weighted by Crippen LogP contribution is -2.12. The van der Waals surface area contributed by atoms with Gasteiger partial charge in [-0.1, -0.05) is 84.9 Å². The number of nitrogens with one attached hydrogen (secondary N) is 2. The lowest BCUT2D eigenvalue weighted by Gasteiger charge is -2.12. The Hall–Kier alpha value is -7.83. The maximum Gasteiger partial charge on any atom is 0.259 e. The number of para-hydroxylation sites is 1. The van der Waals surface area contributed by atoms with E-state index in [1.807, 2.05) is 55.5 Å². The highest BCUT2D eigenvalue weighted by atomic mass is 79.9. The van der Waals surface area contributed by atoms with Gasteiger partial charge in [0.15, 0.2) is 17.3 Å². The van der Waals surface area contributed by atoms with Gasteiger partial charge in [0.1, 0.15) is 11.4 Å². The van der Waals surface area contributed by atoms with E-state index < -0.39 is 11.8 Å². The predicted molar refractivity (Wildman–Crippen MR) is 236 cm³/mol. The lowest BCUT2D eigenvalue weighted by atomic mass is 10.0. The highest BCUT2D eigenvalue weighted by Gasteiger charge is 2.28. The van der Waals surface area contributed by atoms with Gasteiger partial charge in [-0.25, -0.2) is 0 Å². The molecule has 0 spiro atoms. The Balaban J connectivity index is 0.994. The van der Waals surface area contributed by atoms with Crippen LogP contribution in [0.1, 0.15) is 42.2 Å². The van der Waals surface area contributed by atoms with Gasteiger partial charge in [-0.05, 0) is 111 Å². The van der Waals surface area contributed by atoms with Gasteiger partial charge < -0.3 is 20.8 Å². The molecule has 0 unspecified atom stereocenters. The van der Waals surface area contributed by atoms with Crippen LogP contribution in [-0.2, 0) is 0 Å². The monoisotopic (exact) mass is 850 g/mol. The molecule has 4 N–H and O–H groups in total. The number of phenols is 2. The van der Waals surface area contributed by atoms with E-state index in [1.54, 1.807) is 97.1 Å². The number of amides is 2. The van der Waals surface area contributed by atoms with Crippen LogP contribution in [0.4, 0.5) is 34.1 Å². The number of azo groups is 2. The zero-order chi connectivity index (χ0) is 41.5. The topological polar surface area (TPSA) is 165 Å². The zero-order valence-corrected chi connectivity index (χ0v) is 33.2. The average Bonchev–Trinajstić information content (AvgIpc) is 3.53. The number of aryl methyl sites for hydroxylation is 1. The van der Waals surface area contributed by atoms with Crippen LogP contribution in [-0.4, -0.2) is 27.8 Å². The van der Waals surface area contributed by atoms with Gasteiger partial charge in [-0.15, -0.1) is 10.2 Å². The first-order chi connectivity index (χ1) is 29.1. The second-order valence-electron chi connectivity index (χ2n) is 14.1. The van der Waals surface area contributed by atoms with Gasteiger partial charge >= 0.3 is 0 Å². The third-order valence-corrected chi connectivity index (χ3v) is 10.9. The number of halogens is 1. The molecule has 1 aliphatic rings. The molecule has 0 saturated carbocycles. The van der Waals surface area contributed by atoms with Gasteiger partial charge in [-0.3, -0.25) is 14.4 Å². The first-order valence-electron chi connectivity index (χ1n) is 18.7. The van der Waals surface area contributed by atoms with Gasteiger partial charge in [0, 0.05) is 32.1 Å². The van der Waals surface area contributed by atoms with E-state index in [9.17, 15) is 24.6 Å². The summed E-state index contributed by atoms with van der Waals surface area (Å²) in [6.07, 6.45) is 0. The summed E-state index contributed by atoms with van der Waals surface area (Å²) in [4.78, 5) is 40.6. The Morgan fingerprint density at radius 3 is 1.60 bits per heavy atom. The van der Waals surface area contributed by atoms with Gasteiger partial charge in [-0.2, -0.15) is 10.2 Å². The number of anilines is 2. The van der Waals surface area contributed by atoms with E-state index >= 15 is 0 Å². The van der Waals surface area contributed by atoms with Gasteiger partial charge in [0.05, 0.1) is 28.2 Å². The van der Waals surface area contributed by atoms with E-state index in [-0.39, 0.29) is 39.8 Å². The number of ketones is 1. The molecule has 8 aromatic rings. The quantitative estimate of drug-likeness (QED) is 0.112. The molecular formula is C48H31BrN6O5. The Morgan fingerprint density at radius 1 is 0.533 bits per heavy atom. The minimum Gasteiger partial charge on any atom is -0.505 e. The Labute approximate surface area is 350 Å². The fourth-order valence-electron chi connectivity index (χ4n) is 7.25. The maximum absolute atomic E-state index is 13.9. The summed E-state index contributed by atoms with van der Waals surface area (Å²) in [6, 6.07) is 42.4. The average molecular weight is 852 g/mol. The van der Waals surface area contributed by atoms with Crippen molar-refractivity contribution in [3.05, 3.63) is 178 Å². The van der Waals surface area contributed by atoms with E-state index in [1.165, 1.54) is 0 Å². The highest BCUT2D eigenvalue weighted by molar-refractivity contribution is 9.10. The van der Waals surface area contributed by atoms with Crippen LogP contribution in [0, 0.1) is 6.92 Å². The SMILES string of the molecule is Cc1cccc(NC(=O)c2cc3ccccc3c(N=Nc3ccc4c(c3)C(=O)c3cc(N=Nc5c(O)c(C(=O)Nc6ccccc6Br)cc6ccccc56)ccc3-4)c2O)c1. The van der Waals surface area contributed by atoms with Gasteiger partial charge in [0.25, 0.3) is 11.8 Å². The van der Waals surface area contributed by atoms with Gasteiger partial charge in [0.2, 0.25) is 0 Å². The molecule has 290 valence electrons. The van der Waals surface area contributed by atoms with Crippen LogP contribution >= 0.6 is 15.9 Å². The fourth-order valence-corrected chi connectivity index (χ4v) is 7.64. The van der Waals surface area contributed by atoms with Crippen molar-refractivity contribution in [2.24, 2.45) is 20.5 Å². The molecule has 11 nitrogen and oxygen atoms in total. The molecule has 1 aliphatic carbocycles. The van der Waals surface area contributed by atoms with E-state index in [0.29, 0.717) is 71.0 Å². The van der Waals surface area contributed by atoms with Crippen molar-refractivity contribution < 1.29 is 24.6 Å². The second-order valence-corrected chi connectivity index (χ2v) is 15.0. The first kappa shape index (κ1) is 37.7. The van der Waals surface area contributed by atoms with E-state index in [0.717, 1.165) is 5.56 Å². The largest absolute Gasteiger partial charge is 0.505 e. The second kappa shape index (κ2) is 15.5. The molecule has 0 aliphatic heterocycles. The van der Waals surface area contributed by atoms with Crippen LogP contribution in [0.3, 0.4) is 0 Å². The van der Waals surface area contributed by atoms with Crippen molar-refractivity contribution in [1.29, 1.82) is 0 Å². The summed E-state index contributed by atoms with van der Waals surface area (Å²) >= 11 is 3.44. The van der Waals surface area contributed by atoms with Crippen LogP contribution < -0.4 is 10.6 Å². The maximum atomic E-state index is 13.9. The smallest absolute Gasteiger partial charge is 0.259 e. The number of nitrogens with zero attached hydrogens (tertiary/aromatic N) is 4. The highest BCUT2D eigenvalue weighted by Crippen LogP contribution is 2.44. The number of rotatable bonds is 8. The Bertz CT molecular complexity index is 3180. The minimum atomic E-state index is -0.527. The number of fused-ring (bicyclic) bond motifs is 5. The third-order valence-electron chi connectivity index (χ3n) is 10.2. The van der Waals surface area contributed by atoms with Crippen molar-refractivity contribution in [1.82, 2.24) is 0 Å². The van der Waals surface area contributed by atoms with Crippen molar-refractivity contribution >= 4 is 89.2 Å². The molecule has 0 saturated heterocycles. The third kappa shape index (κ3) is 7.05. The Morgan fingerprint density at radius 2 is 1.05 bits per heavy atom.